The molecule has 0 atom stereocenters. The molecule has 0 aromatic heterocycles. The summed E-state index contributed by atoms with van der Waals surface area (Å²) in [6, 6.07) is 0.889. The highest BCUT2D eigenvalue weighted by Crippen LogP contribution is 2.17. The maximum absolute atomic E-state index is 2.53. The topological polar surface area (TPSA) is 6.48 Å². The molecule has 51 valence electrons. The van der Waals surface area contributed by atoms with Gasteiger partial charge in [-0.2, -0.15) is 0 Å². The number of nitrogens with zero attached hydrogens (tertiary/aromatic N) is 2. The first-order valence-corrected chi connectivity index (χ1v) is 3.60. The molecule has 2 nitrogen and oxygen atoms in total. The average molecular weight is 125 g/mol. The number of hydrogen-bond donors (Lipinski definition) is 0. The summed E-state index contributed by atoms with van der Waals surface area (Å²) in [5.74, 6) is 0. The summed E-state index contributed by atoms with van der Waals surface area (Å²) in [4.78, 5) is 4.89. The van der Waals surface area contributed by atoms with Gasteiger partial charge in [0.2, 0.25) is 0 Å². The highest BCUT2D eigenvalue weighted by atomic mass is 15.3. The molecule has 0 N–H and O–H groups in total. The van der Waals surface area contributed by atoms with Gasteiger partial charge in [-0.1, -0.05) is 0 Å². The highest BCUT2D eigenvalue weighted by Gasteiger charge is 2.31. The first kappa shape index (κ1) is 5.69. The fourth-order valence-corrected chi connectivity index (χ4v) is 1.47. The van der Waals surface area contributed by atoms with Crippen molar-refractivity contribution >= 4 is 0 Å². The Bertz CT molecular complexity index is 103. The second-order valence-corrected chi connectivity index (χ2v) is 3.12. The van der Waals surface area contributed by atoms with Gasteiger partial charge in [0.1, 0.15) is 0 Å². The highest BCUT2D eigenvalue weighted by molar-refractivity contribution is 4.96. The Balaban J connectivity index is 1.75. The van der Waals surface area contributed by atoms with Crippen LogP contribution in [-0.4, -0.2) is 49.1 Å². The van der Waals surface area contributed by atoms with E-state index in [4.69, 9.17) is 0 Å². The molecule has 2 heteroatoms. The van der Waals surface area contributed by atoms with E-state index in [9.17, 15) is 0 Å². The van der Waals surface area contributed by atoms with E-state index in [1.165, 1.54) is 26.2 Å². The number of hydrogen-bond acceptors (Lipinski definition) is 2. The largest absolute Gasteiger partial charge is 0.303 e. The minimum atomic E-state index is 0.889. The van der Waals surface area contributed by atoms with Crippen LogP contribution in [0.5, 0.6) is 0 Å². The lowest BCUT2D eigenvalue weighted by Gasteiger charge is -2.47. The summed E-state index contributed by atoms with van der Waals surface area (Å²) < 4.78 is 0. The van der Waals surface area contributed by atoms with Crippen molar-refractivity contribution in [2.75, 3.05) is 33.2 Å². The van der Waals surface area contributed by atoms with Crippen molar-refractivity contribution in [3.8, 4) is 0 Å². The summed E-state index contributed by atoms with van der Waals surface area (Å²) >= 11 is 0. The quantitative estimate of drug-likeness (QED) is 0.479. The van der Waals surface area contributed by atoms with Crippen molar-refractivity contribution < 1.29 is 0 Å². The van der Waals surface area contributed by atoms with Crippen LogP contribution in [0.2, 0.25) is 0 Å². The zero-order valence-electron chi connectivity index (χ0n) is 5.88. The first-order chi connectivity index (χ1) is 4.36. The minimum Gasteiger partial charge on any atom is -0.303 e. The van der Waals surface area contributed by atoms with Crippen molar-refractivity contribution in [1.82, 2.24) is 9.80 Å². The van der Waals surface area contributed by atoms with Crippen LogP contribution >= 0.6 is 0 Å². The van der Waals surface area contributed by atoms with E-state index < -0.39 is 0 Å². The molecule has 0 saturated carbocycles. The molecule has 0 aromatic carbocycles. The Labute approximate surface area is 56.4 Å². The van der Waals surface area contributed by atoms with Gasteiger partial charge in [0.05, 0.1) is 0 Å². The summed E-state index contributed by atoms with van der Waals surface area (Å²) in [5, 5.41) is 0. The molecule has 1 radical (unpaired) electrons. The maximum Gasteiger partial charge on any atom is 0.0350 e. The minimum absolute atomic E-state index is 0.889. The van der Waals surface area contributed by atoms with E-state index in [1.807, 2.05) is 0 Å². The fourth-order valence-electron chi connectivity index (χ4n) is 1.47. The molecule has 0 bridgehead atoms. The van der Waals surface area contributed by atoms with E-state index in [2.05, 4.69) is 23.3 Å². The molecule has 9 heavy (non-hydrogen) atoms. The van der Waals surface area contributed by atoms with Crippen LogP contribution in [0.15, 0.2) is 0 Å². The zero-order valence-corrected chi connectivity index (χ0v) is 5.88. The molecule has 0 aliphatic carbocycles. The Morgan fingerprint density at radius 3 is 2.33 bits per heavy atom. The van der Waals surface area contributed by atoms with Gasteiger partial charge in [-0.15, -0.1) is 0 Å². The number of likely N-dealkylation sites (tertiary alicyclic amines) is 2. The molecule has 2 aliphatic rings. The van der Waals surface area contributed by atoms with Gasteiger partial charge < -0.3 is 4.90 Å². The van der Waals surface area contributed by atoms with Gasteiger partial charge in [0, 0.05) is 32.2 Å². The Kier molecular flexibility index (Phi) is 1.24. The van der Waals surface area contributed by atoms with Crippen LogP contribution in [-0.2, 0) is 0 Å². The normalized spacial score (nSPS) is 31.7. The molecule has 0 unspecified atom stereocenters. The third-order valence-electron chi connectivity index (χ3n) is 2.29. The van der Waals surface area contributed by atoms with Crippen LogP contribution in [0.25, 0.3) is 0 Å². The molecule has 0 amide bonds. The van der Waals surface area contributed by atoms with Crippen molar-refractivity contribution in [2.24, 2.45) is 0 Å². The van der Waals surface area contributed by atoms with Crippen LogP contribution in [0, 0.1) is 6.42 Å². The lowest BCUT2D eigenvalue weighted by Crippen LogP contribution is -2.61. The first-order valence-electron chi connectivity index (χ1n) is 3.60. The second-order valence-electron chi connectivity index (χ2n) is 3.12. The van der Waals surface area contributed by atoms with Gasteiger partial charge in [0.15, 0.2) is 0 Å². The fraction of sp³-hybridized carbons (Fsp3) is 0.857. The van der Waals surface area contributed by atoms with Crippen molar-refractivity contribution in [3.05, 3.63) is 6.42 Å². The van der Waals surface area contributed by atoms with Crippen LogP contribution in [0.3, 0.4) is 0 Å². The Morgan fingerprint density at radius 2 is 2.00 bits per heavy atom. The molecule has 2 aliphatic heterocycles. The zero-order chi connectivity index (χ0) is 6.27. The Hall–Kier alpha value is -0.0800. The number of likely N-dealkylation sites (N-methyl/N-ethyl adjacent to an activating group) is 1. The predicted octanol–water partition coefficient (Wildman–Crippen LogP) is -0.180. The third kappa shape index (κ3) is 0.864. The van der Waals surface area contributed by atoms with Crippen LogP contribution in [0.4, 0.5) is 0 Å². The lowest BCUT2D eigenvalue weighted by atomic mass is 10.0. The van der Waals surface area contributed by atoms with Gasteiger partial charge >= 0.3 is 0 Å². The van der Waals surface area contributed by atoms with E-state index in [1.54, 1.807) is 0 Å². The van der Waals surface area contributed by atoms with E-state index >= 15 is 0 Å². The lowest BCUT2D eigenvalue weighted by molar-refractivity contribution is 0.0380. The predicted molar refractivity (Wildman–Crippen MR) is 37.2 cm³/mol. The second kappa shape index (κ2) is 1.96. The Morgan fingerprint density at radius 1 is 1.33 bits per heavy atom. The van der Waals surface area contributed by atoms with Gasteiger partial charge in [-0.3, -0.25) is 4.90 Å². The molecule has 2 fully saturated rings. The molecule has 0 aromatic rings. The van der Waals surface area contributed by atoms with E-state index in [-0.39, 0.29) is 0 Å². The third-order valence-corrected chi connectivity index (χ3v) is 2.29. The summed E-state index contributed by atoms with van der Waals surface area (Å²) in [7, 11) is 2.18. The molecule has 2 heterocycles. The van der Waals surface area contributed by atoms with Crippen LogP contribution in [0.1, 0.15) is 0 Å². The molecule has 2 rings (SSSR count). The monoisotopic (exact) mass is 125 g/mol. The van der Waals surface area contributed by atoms with Crippen LogP contribution < -0.4 is 0 Å². The summed E-state index contributed by atoms with van der Waals surface area (Å²) in [6.45, 7) is 5.04. The van der Waals surface area contributed by atoms with Crippen molar-refractivity contribution in [3.63, 3.8) is 0 Å². The maximum atomic E-state index is 2.53. The van der Waals surface area contributed by atoms with Gasteiger partial charge in [-0.05, 0) is 13.5 Å². The summed E-state index contributed by atoms with van der Waals surface area (Å²) in [5.41, 5.74) is 0. The standard InChI is InChI=1S/C7H13N2/c1-8-5-7(6-8)9-3-2-4-9/h2,7H,3-6H2,1H3. The van der Waals surface area contributed by atoms with Crippen molar-refractivity contribution in [2.45, 2.75) is 6.04 Å². The van der Waals surface area contributed by atoms with E-state index in [0.29, 0.717) is 0 Å². The summed E-state index contributed by atoms with van der Waals surface area (Å²) in [6.07, 6.45) is 2.33. The molecular formula is C7H13N2. The van der Waals surface area contributed by atoms with Crippen molar-refractivity contribution in [1.29, 1.82) is 0 Å². The average Bonchev–Trinajstić information content (AvgIpc) is 1.57. The molecule has 0 spiro atoms. The smallest absolute Gasteiger partial charge is 0.0350 e. The molecule has 2 saturated heterocycles. The van der Waals surface area contributed by atoms with E-state index in [0.717, 1.165) is 6.04 Å². The SMILES string of the molecule is CN1CC(N2C[CH]C2)C1. The van der Waals surface area contributed by atoms with Gasteiger partial charge in [0.25, 0.3) is 0 Å². The molecular weight excluding hydrogens is 112 g/mol. The number of rotatable bonds is 1. The van der Waals surface area contributed by atoms with Gasteiger partial charge in [-0.25, -0.2) is 0 Å².